The summed E-state index contributed by atoms with van der Waals surface area (Å²) in [5.74, 6) is -1.05. The summed E-state index contributed by atoms with van der Waals surface area (Å²) in [5, 5.41) is 15.9. The third kappa shape index (κ3) is 1.01. The van der Waals surface area contributed by atoms with E-state index in [4.69, 9.17) is 10.8 Å². The Bertz CT molecular complexity index is 475. The molecule has 66 valence electrons. The second kappa shape index (κ2) is 2.48. The molecule has 0 radical (unpaired) electrons. The number of nitrogens with zero attached hydrogens (tertiary/aromatic N) is 1. The van der Waals surface area contributed by atoms with E-state index in [2.05, 4.69) is 10.2 Å². The summed E-state index contributed by atoms with van der Waals surface area (Å²) < 4.78 is 0. The van der Waals surface area contributed by atoms with Crippen LogP contribution in [0.4, 0.5) is 5.69 Å². The molecular formula is C8H7N3O2. The summed E-state index contributed by atoms with van der Waals surface area (Å²) >= 11 is 0. The Hall–Kier alpha value is -2.04. The summed E-state index contributed by atoms with van der Waals surface area (Å²) in [6.45, 7) is 0. The molecule has 1 heterocycles. The van der Waals surface area contributed by atoms with Crippen molar-refractivity contribution in [1.29, 1.82) is 0 Å². The minimum absolute atomic E-state index is 0.0787. The van der Waals surface area contributed by atoms with Gasteiger partial charge in [-0.25, -0.2) is 4.79 Å². The predicted molar refractivity (Wildman–Crippen MR) is 47.5 cm³/mol. The lowest BCUT2D eigenvalue weighted by Crippen LogP contribution is -2.03. The zero-order valence-corrected chi connectivity index (χ0v) is 6.61. The van der Waals surface area contributed by atoms with Crippen molar-refractivity contribution in [3.05, 3.63) is 23.9 Å². The van der Waals surface area contributed by atoms with Gasteiger partial charge in [-0.1, -0.05) is 0 Å². The summed E-state index contributed by atoms with van der Waals surface area (Å²) in [6, 6.07) is 3.28. The number of carboxylic acids is 1. The molecule has 0 saturated heterocycles. The number of anilines is 1. The van der Waals surface area contributed by atoms with Crippen molar-refractivity contribution >= 4 is 22.6 Å². The van der Waals surface area contributed by atoms with Crippen LogP contribution >= 0.6 is 0 Å². The molecule has 0 aliphatic rings. The molecule has 0 amide bonds. The quantitative estimate of drug-likeness (QED) is 0.563. The molecule has 4 N–H and O–H groups in total. The van der Waals surface area contributed by atoms with Gasteiger partial charge in [0, 0.05) is 11.1 Å². The molecule has 0 atom stereocenters. The maximum absolute atomic E-state index is 10.8. The van der Waals surface area contributed by atoms with Crippen LogP contribution in [0.15, 0.2) is 18.3 Å². The first kappa shape index (κ1) is 7.60. The molecule has 1 aromatic heterocycles. The van der Waals surface area contributed by atoms with Crippen LogP contribution in [0.25, 0.3) is 10.9 Å². The molecule has 0 saturated carbocycles. The lowest BCUT2D eigenvalue weighted by molar-refractivity contribution is 0.0700. The number of fused-ring (bicyclic) bond motifs is 1. The van der Waals surface area contributed by atoms with E-state index in [0.29, 0.717) is 5.52 Å². The molecule has 0 bridgehead atoms. The highest BCUT2D eigenvalue weighted by Gasteiger charge is 2.13. The lowest BCUT2D eigenvalue weighted by atomic mass is 10.1. The average Bonchev–Trinajstić information content (AvgIpc) is 2.50. The topological polar surface area (TPSA) is 92.0 Å². The molecule has 0 unspecified atom stereocenters. The van der Waals surface area contributed by atoms with Gasteiger partial charge in [0.1, 0.15) is 5.56 Å². The third-order valence-corrected chi connectivity index (χ3v) is 1.86. The molecule has 2 rings (SSSR count). The molecule has 5 nitrogen and oxygen atoms in total. The fraction of sp³-hybridized carbons (Fsp3) is 0. The van der Waals surface area contributed by atoms with Crippen LogP contribution in [0.5, 0.6) is 0 Å². The second-order valence-electron chi connectivity index (χ2n) is 2.67. The van der Waals surface area contributed by atoms with Gasteiger partial charge in [-0.3, -0.25) is 5.10 Å². The van der Waals surface area contributed by atoms with E-state index < -0.39 is 5.97 Å². The van der Waals surface area contributed by atoms with E-state index in [0.717, 1.165) is 5.39 Å². The number of nitrogens with two attached hydrogens (primary N) is 1. The van der Waals surface area contributed by atoms with E-state index >= 15 is 0 Å². The number of carboxylic acid groups (broad SMARTS) is 1. The van der Waals surface area contributed by atoms with Crippen molar-refractivity contribution in [1.82, 2.24) is 10.2 Å². The van der Waals surface area contributed by atoms with Crippen molar-refractivity contribution in [3.8, 4) is 0 Å². The molecule has 0 aliphatic heterocycles. The largest absolute Gasteiger partial charge is 0.478 e. The first-order valence-electron chi connectivity index (χ1n) is 3.65. The molecule has 0 aliphatic carbocycles. The summed E-state index contributed by atoms with van der Waals surface area (Å²) in [6.07, 6.45) is 1.56. The highest BCUT2D eigenvalue weighted by atomic mass is 16.4. The van der Waals surface area contributed by atoms with E-state index in [1.807, 2.05) is 0 Å². The van der Waals surface area contributed by atoms with Crippen LogP contribution in [0, 0.1) is 0 Å². The Balaban J connectivity index is 2.88. The van der Waals surface area contributed by atoms with Gasteiger partial charge in [0.25, 0.3) is 0 Å². The van der Waals surface area contributed by atoms with Gasteiger partial charge in [0.15, 0.2) is 0 Å². The number of hydrogen-bond acceptors (Lipinski definition) is 3. The highest BCUT2D eigenvalue weighted by molar-refractivity contribution is 6.06. The van der Waals surface area contributed by atoms with Crippen LogP contribution in [0.2, 0.25) is 0 Å². The number of aromatic nitrogens is 2. The Morgan fingerprint density at radius 1 is 1.54 bits per heavy atom. The predicted octanol–water partition coefficient (Wildman–Crippen LogP) is 0.843. The lowest BCUT2D eigenvalue weighted by Gasteiger charge is -2.00. The number of carbonyl (C=O) groups is 1. The summed E-state index contributed by atoms with van der Waals surface area (Å²) in [5.41, 5.74) is 6.30. The fourth-order valence-corrected chi connectivity index (χ4v) is 1.26. The normalized spacial score (nSPS) is 10.5. The van der Waals surface area contributed by atoms with Gasteiger partial charge >= 0.3 is 5.97 Å². The molecule has 5 heteroatoms. The number of nitrogens with one attached hydrogen (secondary N) is 1. The Kier molecular flexibility index (Phi) is 1.45. The Labute approximate surface area is 73.2 Å². The Morgan fingerprint density at radius 2 is 2.31 bits per heavy atom. The first-order valence-corrected chi connectivity index (χ1v) is 3.65. The summed E-state index contributed by atoms with van der Waals surface area (Å²) in [4.78, 5) is 10.8. The van der Waals surface area contributed by atoms with Gasteiger partial charge < -0.3 is 10.8 Å². The zero-order chi connectivity index (χ0) is 9.42. The van der Waals surface area contributed by atoms with Gasteiger partial charge in [-0.2, -0.15) is 5.10 Å². The number of nitrogen functional groups attached to an aromatic ring is 1. The second-order valence-corrected chi connectivity index (χ2v) is 2.67. The van der Waals surface area contributed by atoms with E-state index in [9.17, 15) is 4.79 Å². The fourth-order valence-electron chi connectivity index (χ4n) is 1.26. The molecule has 1 aromatic carbocycles. The maximum Gasteiger partial charge on any atom is 0.340 e. The summed E-state index contributed by atoms with van der Waals surface area (Å²) in [7, 11) is 0. The first-order chi connectivity index (χ1) is 6.20. The van der Waals surface area contributed by atoms with Crippen LogP contribution in [0.3, 0.4) is 0 Å². The highest BCUT2D eigenvalue weighted by Crippen LogP contribution is 2.21. The minimum atomic E-state index is -1.05. The monoisotopic (exact) mass is 177 g/mol. The standard InChI is InChI=1S/C8H7N3O2/c9-5-2-1-4-3-10-11-7(4)6(5)8(12)13/h1-3H,9H2,(H,10,11)(H,12,13). The van der Waals surface area contributed by atoms with Crippen molar-refractivity contribution in [2.75, 3.05) is 5.73 Å². The van der Waals surface area contributed by atoms with Crippen LogP contribution in [-0.4, -0.2) is 21.3 Å². The van der Waals surface area contributed by atoms with Crippen LogP contribution in [-0.2, 0) is 0 Å². The molecule has 2 aromatic rings. The van der Waals surface area contributed by atoms with Gasteiger partial charge in [-0.05, 0) is 12.1 Å². The van der Waals surface area contributed by atoms with Crippen molar-refractivity contribution < 1.29 is 9.90 Å². The van der Waals surface area contributed by atoms with Crippen molar-refractivity contribution in [2.45, 2.75) is 0 Å². The molecule has 0 fully saturated rings. The average molecular weight is 177 g/mol. The van der Waals surface area contributed by atoms with E-state index in [1.54, 1.807) is 18.3 Å². The zero-order valence-electron chi connectivity index (χ0n) is 6.61. The Morgan fingerprint density at radius 3 is 3.00 bits per heavy atom. The van der Waals surface area contributed by atoms with Crippen LogP contribution < -0.4 is 5.73 Å². The van der Waals surface area contributed by atoms with Crippen molar-refractivity contribution in [3.63, 3.8) is 0 Å². The number of hydrogen-bond donors (Lipinski definition) is 3. The van der Waals surface area contributed by atoms with E-state index in [1.165, 1.54) is 0 Å². The maximum atomic E-state index is 10.8. The number of aromatic amines is 1. The minimum Gasteiger partial charge on any atom is -0.478 e. The van der Waals surface area contributed by atoms with Gasteiger partial charge in [0.2, 0.25) is 0 Å². The van der Waals surface area contributed by atoms with Gasteiger partial charge in [-0.15, -0.1) is 0 Å². The van der Waals surface area contributed by atoms with Crippen LogP contribution in [0.1, 0.15) is 10.4 Å². The molecule has 0 spiro atoms. The van der Waals surface area contributed by atoms with Gasteiger partial charge in [0.05, 0.1) is 11.7 Å². The molecular weight excluding hydrogens is 170 g/mol. The number of aromatic carboxylic acids is 1. The third-order valence-electron chi connectivity index (χ3n) is 1.86. The van der Waals surface area contributed by atoms with Crippen molar-refractivity contribution in [2.24, 2.45) is 0 Å². The number of rotatable bonds is 1. The SMILES string of the molecule is Nc1ccc2cn[nH]c2c1C(=O)O. The van der Waals surface area contributed by atoms with E-state index in [-0.39, 0.29) is 11.3 Å². The number of H-pyrrole nitrogens is 1. The molecule has 13 heavy (non-hydrogen) atoms. The smallest absolute Gasteiger partial charge is 0.340 e. The number of benzene rings is 1.